The van der Waals surface area contributed by atoms with Gasteiger partial charge >= 0.3 is 0 Å². The van der Waals surface area contributed by atoms with Gasteiger partial charge in [0, 0.05) is 35.4 Å². The molecule has 0 bridgehead atoms. The molecule has 0 saturated carbocycles. The van der Waals surface area contributed by atoms with Crippen molar-refractivity contribution in [2.75, 3.05) is 17.7 Å². The molecule has 32 heavy (non-hydrogen) atoms. The van der Waals surface area contributed by atoms with Crippen LogP contribution in [0, 0.1) is 0 Å². The largest absolute Gasteiger partial charge is 0.481 e. The normalized spacial score (nSPS) is 11.3. The third kappa shape index (κ3) is 6.53. The van der Waals surface area contributed by atoms with E-state index >= 15 is 0 Å². The van der Waals surface area contributed by atoms with Crippen LogP contribution in [0.15, 0.2) is 67.1 Å². The Bertz CT molecular complexity index is 1010. The number of carbonyl (C=O) groups is 2. The first-order chi connectivity index (χ1) is 15.6. The number of ether oxygens (including phenoxy) is 1. The van der Waals surface area contributed by atoms with E-state index in [0.717, 1.165) is 24.2 Å². The fourth-order valence-electron chi connectivity index (χ4n) is 3.03. The van der Waals surface area contributed by atoms with Crippen molar-refractivity contribution < 1.29 is 14.3 Å². The van der Waals surface area contributed by atoms with Crippen molar-refractivity contribution in [2.24, 2.45) is 0 Å². The lowest BCUT2D eigenvalue weighted by molar-refractivity contribution is -0.118. The van der Waals surface area contributed by atoms with Gasteiger partial charge in [-0.3, -0.25) is 14.6 Å². The molecule has 2 amide bonds. The highest BCUT2D eigenvalue weighted by molar-refractivity contribution is 6.01. The van der Waals surface area contributed by atoms with E-state index in [9.17, 15) is 9.59 Å². The fraction of sp³-hybridized carbons (Fsp3) is 0.250. The Morgan fingerprint density at radius 3 is 2.28 bits per heavy atom. The van der Waals surface area contributed by atoms with Crippen molar-refractivity contribution >= 4 is 28.9 Å². The zero-order valence-corrected chi connectivity index (χ0v) is 18.2. The fourth-order valence-corrected chi connectivity index (χ4v) is 3.03. The minimum atomic E-state index is -0.654. The molecule has 0 aliphatic rings. The van der Waals surface area contributed by atoms with Crippen LogP contribution in [0.2, 0.25) is 0 Å². The number of nitrogens with one attached hydrogen (secondary N) is 3. The van der Waals surface area contributed by atoms with Crippen LogP contribution in [0.1, 0.15) is 36.5 Å². The third-order valence-electron chi connectivity index (χ3n) is 4.80. The summed E-state index contributed by atoms with van der Waals surface area (Å²) in [6.07, 6.45) is 7.19. The quantitative estimate of drug-likeness (QED) is 0.443. The standard InChI is InChI=1S/C24H27N5O3/c1-3-4-5-21(24(31)28-20-10-11-22(32-2)26-16-20)29-23(30)17-6-8-18(9-7-17)27-19-12-14-25-15-13-19/h6-16,21H,3-5H2,1-2H3,(H,25,27)(H,28,31)(H,29,30). The summed E-state index contributed by atoms with van der Waals surface area (Å²) in [7, 11) is 1.53. The summed E-state index contributed by atoms with van der Waals surface area (Å²) in [5.74, 6) is -0.125. The second kappa shape index (κ2) is 11.5. The highest BCUT2D eigenvalue weighted by Crippen LogP contribution is 2.17. The molecule has 0 aliphatic heterocycles. The molecule has 0 spiro atoms. The smallest absolute Gasteiger partial charge is 0.251 e. The third-order valence-corrected chi connectivity index (χ3v) is 4.80. The molecular formula is C24H27N5O3. The maximum atomic E-state index is 12.8. The number of rotatable bonds is 10. The van der Waals surface area contributed by atoms with Gasteiger partial charge in [0.25, 0.3) is 5.91 Å². The first-order valence-corrected chi connectivity index (χ1v) is 10.5. The summed E-state index contributed by atoms with van der Waals surface area (Å²) in [6.45, 7) is 2.04. The van der Waals surface area contributed by atoms with Crippen LogP contribution < -0.4 is 20.7 Å². The van der Waals surface area contributed by atoms with Crippen molar-refractivity contribution in [3.8, 4) is 5.88 Å². The van der Waals surface area contributed by atoms with Crippen LogP contribution in [-0.2, 0) is 4.79 Å². The van der Waals surface area contributed by atoms with E-state index in [1.54, 1.807) is 36.7 Å². The van der Waals surface area contributed by atoms with Crippen molar-refractivity contribution in [3.05, 3.63) is 72.7 Å². The van der Waals surface area contributed by atoms with Gasteiger partial charge < -0.3 is 20.7 Å². The minimum Gasteiger partial charge on any atom is -0.481 e. The van der Waals surface area contributed by atoms with Gasteiger partial charge in [-0.1, -0.05) is 19.8 Å². The predicted octanol–water partition coefficient (Wildman–Crippen LogP) is 4.16. The Hall–Kier alpha value is -3.94. The number of anilines is 3. The van der Waals surface area contributed by atoms with Crippen molar-refractivity contribution in [3.63, 3.8) is 0 Å². The van der Waals surface area contributed by atoms with Crippen molar-refractivity contribution in [1.29, 1.82) is 0 Å². The maximum absolute atomic E-state index is 12.8. The van der Waals surface area contributed by atoms with Crippen molar-refractivity contribution in [2.45, 2.75) is 32.2 Å². The van der Waals surface area contributed by atoms with E-state index in [-0.39, 0.29) is 11.8 Å². The molecule has 8 nitrogen and oxygen atoms in total. The average molecular weight is 434 g/mol. The molecule has 1 atom stereocenters. The number of hydrogen-bond donors (Lipinski definition) is 3. The second-order valence-corrected chi connectivity index (χ2v) is 7.19. The molecule has 0 radical (unpaired) electrons. The van der Waals surface area contributed by atoms with E-state index in [0.29, 0.717) is 23.6 Å². The van der Waals surface area contributed by atoms with Crippen molar-refractivity contribution in [1.82, 2.24) is 15.3 Å². The van der Waals surface area contributed by atoms with Crippen LogP contribution in [0.5, 0.6) is 5.88 Å². The van der Waals surface area contributed by atoms with Crippen LogP contribution in [0.4, 0.5) is 17.1 Å². The molecule has 2 aromatic heterocycles. The van der Waals surface area contributed by atoms with Gasteiger partial charge in [0.05, 0.1) is 19.0 Å². The molecular weight excluding hydrogens is 406 g/mol. The summed E-state index contributed by atoms with van der Waals surface area (Å²) < 4.78 is 5.03. The number of hydrogen-bond acceptors (Lipinski definition) is 6. The summed E-state index contributed by atoms with van der Waals surface area (Å²) in [6, 6.07) is 13.5. The first-order valence-electron chi connectivity index (χ1n) is 10.5. The Morgan fingerprint density at radius 1 is 0.969 bits per heavy atom. The zero-order valence-electron chi connectivity index (χ0n) is 18.2. The monoisotopic (exact) mass is 433 g/mol. The van der Waals surface area contributed by atoms with Gasteiger partial charge in [-0.2, -0.15) is 0 Å². The van der Waals surface area contributed by atoms with Crippen LogP contribution in [-0.4, -0.2) is 34.9 Å². The molecule has 8 heteroatoms. The topological polar surface area (TPSA) is 105 Å². The second-order valence-electron chi connectivity index (χ2n) is 7.19. The van der Waals surface area contributed by atoms with Gasteiger partial charge in [-0.25, -0.2) is 4.98 Å². The minimum absolute atomic E-state index is 0.283. The summed E-state index contributed by atoms with van der Waals surface area (Å²) in [5, 5.41) is 8.91. The highest BCUT2D eigenvalue weighted by Gasteiger charge is 2.21. The molecule has 3 rings (SSSR count). The molecule has 0 fully saturated rings. The number of aromatic nitrogens is 2. The Balaban J connectivity index is 1.63. The Morgan fingerprint density at radius 2 is 1.66 bits per heavy atom. The lowest BCUT2D eigenvalue weighted by Gasteiger charge is -2.18. The molecule has 3 aromatic rings. The molecule has 1 aromatic carbocycles. The van der Waals surface area contributed by atoms with Crippen LogP contribution in [0.25, 0.3) is 0 Å². The lowest BCUT2D eigenvalue weighted by atomic mass is 10.1. The molecule has 166 valence electrons. The van der Waals surface area contributed by atoms with E-state index in [2.05, 4.69) is 25.9 Å². The predicted molar refractivity (Wildman–Crippen MR) is 124 cm³/mol. The highest BCUT2D eigenvalue weighted by atomic mass is 16.5. The maximum Gasteiger partial charge on any atom is 0.251 e. The van der Waals surface area contributed by atoms with Gasteiger partial charge in [-0.15, -0.1) is 0 Å². The number of nitrogens with zero attached hydrogens (tertiary/aromatic N) is 2. The van der Waals surface area contributed by atoms with Crippen LogP contribution in [0.3, 0.4) is 0 Å². The summed E-state index contributed by atoms with van der Waals surface area (Å²) in [4.78, 5) is 33.6. The number of carbonyl (C=O) groups excluding carboxylic acids is 2. The zero-order chi connectivity index (χ0) is 22.8. The lowest BCUT2D eigenvalue weighted by Crippen LogP contribution is -2.43. The molecule has 1 unspecified atom stereocenters. The van der Waals surface area contributed by atoms with Crippen LogP contribution >= 0.6 is 0 Å². The van der Waals surface area contributed by atoms with E-state index in [4.69, 9.17) is 4.74 Å². The van der Waals surface area contributed by atoms with E-state index in [1.165, 1.54) is 13.3 Å². The Labute approximate surface area is 187 Å². The number of unbranched alkanes of at least 4 members (excludes halogenated alkanes) is 1. The van der Waals surface area contributed by atoms with E-state index < -0.39 is 6.04 Å². The number of amides is 2. The SMILES string of the molecule is CCCCC(NC(=O)c1ccc(Nc2ccncc2)cc1)C(=O)Nc1ccc(OC)nc1. The molecule has 2 heterocycles. The average Bonchev–Trinajstić information content (AvgIpc) is 2.83. The number of methoxy groups -OCH3 is 1. The molecule has 0 aliphatic carbocycles. The number of pyridine rings is 2. The summed E-state index contributed by atoms with van der Waals surface area (Å²) >= 11 is 0. The van der Waals surface area contributed by atoms with Gasteiger partial charge in [0.15, 0.2) is 0 Å². The molecule has 0 saturated heterocycles. The summed E-state index contributed by atoms with van der Waals surface area (Å²) in [5.41, 5.74) is 2.77. The number of benzene rings is 1. The van der Waals surface area contributed by atoms with Gasteiger partial charge in [0.1, 0.15) is 6.04 Å². The molecule has 3 N–H and O–H groups in total. The van der Waals surface area contributed by atoms with Gasteiger partial charge in [0.2, 0.25) is 11.8 Å². The first kappa shape index (κ1) is 22.7. The van der Waals surface area contributed by atoms with Gasteiger partial charge in [-0.05, 0) is 48.9 Å². The van der Waals surface area contributed by atoms with E-state index in [1.807, 2.05) is 31.2 Å². The Kier molecular flexibility index (Phi) is 8.14.